The average molecular weight is 296 g/mol. The fraction of sp³-hybridized carbons (Fsp3) is 0.643. The van der Waals surface area contributed by atoms with E-state index in [2.05, 4.69) is 10.4 Å². The smallest absolute Gasteiger partial charge is 0.328 e. The van der Waals surface area contributed by atoms with Crippen molar-refractivity contribution < 1.29 is 14.3 Å². The van der Waals surface area contributed by atoms with Gasteiger partial charge in [-0.05, 0) is 34.1 Å². The van der Waals surface area contributed by atoms with E-state index >= 15 is 0 Å². The van der Waals surface area contributed by atoms with E-state index in [1.165, 1.54) is 4.68 Å². The van der Waals surface area contributed by atoms with Gasteiger partial charge in [0.15, 0.2) is 6.10 Å². The number of hydrogen-bond donors (Lipinski definition) is 2. The van der Waals surface area contributed by atoms with E-state index in [1.807, 2.05) is 13.8 Å². The van der Waals surface area contributed by atoms with Crippen LogP contribution in [0.1, 0.15) is 38.6 Å². The van der Waals surface area contributed by atoms with Crippen molar-refractivity contribution in [1.29, 1.82) is 0 Å². The van der Waals surface area contributed by atoms with Crippen molar-refractivity contribution in [3.8, 4) is 0 Å². The van der Waals surface area contributed by atoms with E-state index < -0.39 is 12.1 Å². The number of aryl methyl sites for hydroxylation is 1. The zero-order valence-electron chi connectivity index (χ0n) is 13.3. The number of nitrogens with two attached hydrogens (primary N) is 1. The van der Waals surface area contributed by atoms with Gasteiger partial charge in [-0.2, -0.15) is 5.10 Å². The van der Waals surface area contributed by atoms with Crippen molar-refractivity contribution in [3.05, 3.63) is 11.4 Å². The molecule has 1 rings (SSSR count). The van der Waals surface area contributed by atoms with Crippen LogP contribution in [0.3, 0.4) is 0 Å². The molecule has 1 amide bonds. The van der Waals surface area contributed by atoms with E-state index in [4.69, 9.17) is 10.5 Å². The molecule has 0 aromatic carbocycles. The molecule has 2 atom stereocenters. The lowest BCUT2D eigenvalue weighted by atomic mass is 10.2. The Morgan fingerprint density at radius 3 is 2.48 bits per heavy atom. The first-order valence-electron chi connectivity index (χ1n) is 7.05. The van der Waals surface area contributed by atoms with E-state index in [1.54, 1.807) is 20.8 Å². The summed E-state index contributed by atoms with van der Waals surface area (Å²) in [7, 11) is 0. The minimum atomic E-state index is -0.833. The number of carbonyl (C=O) groups is 2. The molecule has 0 saturated carbocycles. The number of nitrogen functional groups attached to an aromatic ring is 1. The Bertz CT molecular complexity index is 525. The Morgan fingerprint density at radius 1 is 1.38 bits per heavy atom. The highest BCUT2D eigenvalue weighted by Gasteiger charge is 2.20. The molecule has 0 aliphatic rings. The minimum Gasteiger partial charge on any atom is -0.451 e. The summed E-state index contributed by atoms with van der Waals surface area (Å²) in [4.78, 5) is 23.6. The standard InChI is InChI=1S/C14H24N4O3/c1-6-8(2)16-14(20)11(5)21-12(19)7-18-10(4)13(15)9(3)17-18/h8,11H,6-7,15H2,1-5H3,(H,16,20). The molecule has 1 heterocycles. The normalized spacial score (nSPS) is 13.6. The van der Waals surface area contributed by atoms with Gasteiger partial charge in [0.2, 0.25) is 0 Å². The summed E-state index contributed by atoms with van der Waals surface area (Å²) >= 11 is 0. The quantitative estimate of drug-likeness (QED) is 0.761. The Balaban J connectivity index is 2.57. The molecule has 0 aliphatic carbocycles. The van der Waals surface area contributed by atoms with Crippen LogP contribution >= 0.6 is 0 Å². The zero-order chi connectivity index (χ0) is 16.2. The van der Waals surface area contributed by atoms with Crippen LogP contribution in [-0.2, 0) is 20.9 Å². The number of nitrogens with one attached hydrogen (secondary N) is 1. The molecule has 2 unspecified atom stereocenters. The molecule has 0 saturated heterocycles. The van der Waals surface area contributed by atoms with Crippen molar-refractivity contribution in [2.45, 2.75) is 59.7 Å². The fourth-order valence-corrected chi connectivity index (χ4v) is 1.74. The van der Waals surface area contributed by atoms with Crippen LogP contribution in [0, 0.1) is 13.8 Å². The van der Waals surface area contributed by atoms with Crippen LogP contribution in [-0.4, -0.2) is 33.8 Å². The molecule has 1 aromatic rings. The number of esters is 1. The first-order valence-corrected chi connectivity index (χ1v) is 7.05. The van der Waals surface area contributed by atoms with E-state index in [0.717, 1.165) is 6.42 Å². The largest absolute Gasteiger partial charge is 0.451 e. The number of aromatic nitrogens is 2. The van der Waals surface area contributed by atoms with Gasteiger partial charge >= 0.3 is 5.97 Å². The van der Waals surface area contributed by atoms with Crippen molar-refractivity contribution in [2.75, 3.05) is 5.73 Å². The molecule has 0 radical (unpaired) electrons. The summed E-state index contributed by atoms with van der Waals surface area (Å²) in [6, 6.07) is 0.0504. The summed E-state index contributed by atoms with van der Waals surface area (Å²) < 4.78 is 6.59. The van der Waals surface area contributed by atoms with Gasteiger partial charge in [0.1, 0.15) is 6.54 Å². The Kier molecular flexibility index (Phi) is 5.75. The van der Waals surface area contributed by atoms with E-state index in [-0.39, 0.29) is 18.5 Å². The number of rotatable bonds is 6. The lowest BCUT2D eigenvalue weighted by Gasteiger charge is -2.17. The third kappa shape index (κ3) is 4.47. The van der Waals surface area contributed by atoms with Crippen molar-refractivity contribution in [1.82, 2.24) is 15.1 Å². The van der Waals surface area contributed by atoms with Gasteiger partial charge in [0, 0.05) is 6.04 Å². The second kappa shape index (κ2) is 7.10. The van der Waals surface area contributed by atoms with Crippen LogP contribution in [0.2, 0.25) is 0 Å². The molecule has 118 valence electrons. The number of hydrogen-bond acceptors (Lipinski definition) is 5. The topological polar surface area (TPSA) is 99.2 Å². The summed E-state index contributed by atoms with van der Waals surface area (Å²) in [5.74, 6) is -0.821. The first kappa shape index (κ1) is 17.0. The second-order valence-corrected chi connectivity index (χ2v) is 5.19. The number of ether oxygens (including phenoxy) is 1. The summed E-state index contributed by atoms with van der Waals surface area (Å²) in [6.45, 7) is 8.89. The van der Waals surface area contributed by atoms with Crippen LogP contribution < -0.4 is 11.1 Å². The maximum absolute atomic E-state index is 11.9. The lowest BCUT2D eigenvalue weighted by molar-refractivity contribution is -0.155. The van der Waals surface area contributed by atoms with Crippen molar-refractivity contribution >= 4 is 17.6 Å². The summed E-state index contributed by atoms with van der Waals surface area (Å²) in [5, 5.41) is 6.92. The maximum Gasteiger partial charge on any atom is 0.328 e. The van der Waals surface area contributed by atoms with Crippen LogP contribution in [0.5, 0.6) is 0 Å². The molecule has 0 aliphatic heterocycles. The van der Waals surface area contributed by atoms with Gasteiger partial charge in [-0.25, -0.2) is 0 Å². The molecule has 7 nitrogen and oxygen atoms in total. The Morgan fingerprint density at radius 2 is 2.00 bits per heavy atom. The van der Waals surface area contributed by atoms with E-state index in [9.17, 15) is 9.59 Å². The van der Waals surface area contributed by atoms with Gasteiger partial charge in [0.05, 0.1) is 17.1 Å². The monoisotopic (exact) mass is 296 g/mol. The van der Waals surface area contributed by atoms with Crippen LogP contribution in [0.25, 0.3) is 0 Å². The second-order valence-electron chi connectivity index (χ2n) is 5.19. The Hall–Kier alpha value is -2.05. The SMILES string of the molecule is CCC(C)NC(=O)C(C)OC(=O)Cn1nc(C)c(N)c1C. The fourth-order valence-electron chi connectivity index (χ4n) is 1.74. The maximum atomic E-state index is 11.9. The lowest BCUT2D eigenvalue weighted by Crippen LogP contribution is -2.40. The molecule has 7 heteroatoms. The average Bonchev–Trinajstić information content (AvgIpc) is 2.65. The van der Waals surface area contributed by atoms with Crippen LogP contribution in [0.4, 0.5) is 5.69 Å². The number of nitrogens with zero attached hydrogens (tertiary/aromatic N) is 2. The summed E-state index contributed by atoms with van der Waals surface area (Å²) in [6.07, 6.45) is -0.0157. The van der Waals surface area contributed by atoms with Crippen molar-refractivity contribution in [2.24, 2.45) is 0 Å². The predicted molar refractivity (Wildman–Crippen MR) is 79.6 cm³/mol. The molecular formula is C14H24N4O3. The molecule has 0 bridgehead atoms. The highest BCUT2D eigenvalue weighted by molar-refractivity contribution is 5.83. The molecule has 0 spiro atoms. The predicted octanol–water partition coefficient (Wildman–Crippen LogP) is 0.929. The van der Waals surface area contributed by atoms with Gasteiger partial charge in [-0.3, -0.25) is 14.3 Å². The molecule has 21 heavy (non-hydrogen) atoms. The molecule has 0 fully saturated rings. The van der Waals surface area contributed by atoms with Gasteiger partial charge in [0.25, 0.3) is 5.91 Å². The third-order valence-corrected chi connectivity index (χ3v) is 3.39. The number of amides is 1. The number of carbonyl (C=O) groups excluding carboxylic acids is 2. The van der Waals surface area contributed by atoms with E-state index in [0.29, 0.717) is 17.1 Å². The highest BCUT2D eigenvalue weighted by atomic mass is 16.5. The first-order chi connectivity index (χ1) is 9.76. The van der Waals surface area contributed by atoms with Gasteiger partial charge in [-0.15, -0.1) is 0 Å². The summed E-state index contributed by atoms with van der Waals surface area (Å²) in [5.41, 5.74) is 7.74. The number of anilines is 1. The third-order valence-electron chi connectivity index (χ3n) is 3.39. The molecule has 1 aromatic heterocycles. The highest BCUT2D eigenvalue weighted by Crippen LogP contribution is 2.14. The molecule has 3 N–H and O–H groups in total. The minimum absolute atomic E-state index is 0.0504. The Labute approximate surface area is 124 Å². The molecular weight excluding hydrogens is 272 g/mol. The van der Waals surface area contributed by atoms with Gasteiger partial charge < -0.3 is 15.8 Å². The zero-order valence-corrected chi connectivity index (χ0v) is 13.3. The van der Waals surface area contributed by atoms with Crippen molar-refractivity contribution in [3.63, 3.8) is 0 Å². The van der Waals surface area contributed by atoms with Gasteiger partial charge in [-0.1, -0.05) is 6.92 Å². The van der Waals surface area contributed by atoms with Crippen LogP contribution in [0.15, 0.2) is 0 Å².